The molecule has 4 heterocycles. The van der Waals surface area contributed by atoms with E-state index in [1.54, 1.807) is 42.7 Å². The van der Waals surface area contributed by atoms with Crippen LogP contribution in [-0.4, -0.2) is 44.3 Å². The van der Waals surface area contributed by atoms with Gasteiger partial charge in [0.05, 0.1) is 41.3 Å². The van der Waals surface area contributed by atoms with Gasteiger partial charge in [-0.3, -0.25) is 4.98 Å². The molecule has 1 fully saturated rings. The maximum Gasteiger partial charge on any atom is 0.227 e. The van der Waals surface area contributed by atoms with Crippen molar-refractivity contribution in [2.24, 2.45) is 0 Å². The fourth-order valence-electron chi connectivity index (χ4n) is 3.15. The highest BCUT2D eigenvalue weighted by molar-refractivity contribution is 5.65. The average molecular weight is 391 g/mol. The van der Waals surface area contributed by atoms with Crippen LogP contribution in [0.15, 0.2) is 42.7 Å². The van der Waals surface area contributed by atoms with Crippen molar-refractivity contribution in [2.75, 3.05) is 23.3 Å². The van der Waals surface area contributed by atoms with Gasteiger partial charge in [0.2, 0.25) is 5.95 Å². The highest BCUT2D eigenvalue weighted by Crippen LogP contribution is 2.27. The molecule has 2 N–H and O–H groups in total. The zero-order valence-corrected chi connectivity index (χ0v) is 15.5. The van der Waals surface area contributed by atoms with Crippen molar-refractivity contribution in [3.63, 3.8) is 0 Å². The van der Waals surface area contributed by atoms with E-state index in [1.165, 1.54) is 0 Å². The minimum atomic E-state index is -0.877. The van der Waals surface area contributed by atoms with E-state index in [9.17, 15) is 9.65 Å². The van der Waals surface area contributed by atoms with Crippen LogP contribution >= 0.6 is 0 Å². The molecule has 1 aliphatic rings. The molecule has 9 heteroatoms. The molecule has 146 valence electrons. The lowest BCUT2D eigenvalue weighted by atomic mass is 10.2. The van der Waals surface area contributed by atoms with Crippen molar-refractivity contribution in [3.05, 3.63) is 54.1 Å². The molecule has 0 amide bonds. The molecular formula is C20H18FN7O. The lowest BCUT2D eigenvalue weighted by molar-refractivity contribution is 0.277. The number of aliphatic hydroxyl groups excluding tert-OH is 1. The molecule has 1 atom stereocenters. The van der Waals surface area contributed by atoms with Gasteiger partial charge in [0.15, 0.2) is 5.69 Å². The smallest absolute Gasteiger partial charge is 0.227 e. The van der Waals surface area contributed by atoms with Crippen molar-refractivity contribution < 1.29 is 9.50 Å². The van der Waals surface area contributed by atoms with Gasteiger partial charge < -0.3 is 15.3 Å². The van der Waals surface area contributed by atoms with E-state index >= 15 is 0 Å². The zero-order valence-electron chi connectivity index (χ0n) is 15.5. The van der Waals surface area contributed by atoms with E-state index in [1.807, 2.05) is 4.90 Å². The van der Waals surface area contributed by atoms with Gasteiger partial charge in [-0.1, -0.05) is 0 Å². The number of nitriles is 1. The molecule has 3 aromatic heterocycles. The molecule has 0 spiro atoms. The van der Waals surface area contributed by atoms with Gasteiger partial charge in [0.1, 0.15) is 12.2 Å². The third-order valence-electron chi connectivity index (χ3n) is 4.61. The number of nitrogens with one attached hydrogen (secondary N) is 1. The summed E-state index contributed by atoms with van der Waals surface area (Å²) in [7, 11) is 0. The van der Waals surface area contributed by atoms with Crippen molar-refractivity contribution >= 4 is 17.3 Å². The Morgan fingerprint density at radius 2 is 2.03 bits per heavy atom. The van der Waals surface area contributed by atoms with Gasteiger partial charge in [-0.15, -0.1) is 0 Å². The number of halogens is 1. The fourth-order valence-corrected chi connectivity index (χ4v) is 3.15. The number of pyridine rings is 2. The van der Waals surface area contributed by atoms with Crippen LogP contribution in [0.5, 0.6) is 0 Å². The molecular weight excluding hydrogens is 373 g/mol. The third-order valence-corrected chi connectivity index (χ3v) is 4.61. The van der Waals surface area contributed by atoms with Crippen molar-refractivity contribution in [1.29, 1.82) is 5.26 Å². The van der Waals surface area contributed by atoms with Crippen molar-refractivity contribution in [1.82, 2.24) is 19.9 Å². The topological polar surface area (TPSA) is 111 Å². The summed E-state index contributed by atoms with van der Waals surface area (Å²) >= 11 is 0. The minimum absolute atomic E-state index is 0.126. The Labute approximate surface area is 166 Å². The summed E-state index contributed by atoms with van der Waals surface area (Å²) in [5, 5.41) is 21.6. The molecule has 0 aliphatic carbocycles. The molecule has 1 saturated heterocycles. The van der Waals surface area contributed by atoms with Gasteiger partial charge in [-0.25, -0.2) is 19.3 Å². The Hall–Kier alpha value is -3.64. The number of hydrogen-bond donors (Lipinski definition) is 2. The highest BCUT2D eigenvalue weighted by atomic mass is 19.1. The molecule has 8 nitrogen and oxygen atoms in total. The Morgan fingerprint density at radius 1 is 1.17 bits per heavy atom. The van der Waals surface area contributed by atoms with Crippen LogP contribution in [-0.2, 0) is 6.61 Å². The van der Waals surface area contributed by atoms with Crippen LogP contribution in [0.3, 0.4) is 0 Å². The molecule has 0 radical (unpaired) electrons. The monoisotopic (exact) mass is 391 g/mol. The van der Waals surface area contributed by atoms with E-state index < -0.39 is 6.17 Å². The first-order valence-electron chi connectivity index (χ1n) is 9.12. The van der Waals surface area contributed by atoms with Gasteiger partial charge in [-0.2, -0.15) is 5.26 Å². The SMILES string of the molecule is N#Cc1nc(-c2ccnc(Nc3ccc(CO)nc3)n2)ccc1N1CCC(F)C1. The Kier molecular flexibility index (Phi) is 5.27. The van der Waals surface area contributed by atoms with Gasteiger partial charge in [0, 0.05) is 19.3 Å². The predicted octanol–water partition coefficient (Wildman–Crippen LogP) is 2.59. The number of alkyl halides is 1. The van der Waals surface area contributed by atoms with Crippen LogP contribution in [0, 0.1) is 11.3 Å². The first kappa shape index (κ1) is 18.7. The Morgan fingerprint density at radius 3 is 2.72 bits per heavy atom. The summed E-state index contributed by atoms with van der Waals surface area (Å²) in [5.74, 6) is 0.352. The summed E-state index contributed by atoms with van der Waals surface area (Å²) in [6.07, 6.45) is 2.76. The van der Waals surface area contributed by atoms with Crippen LogP contribution < -0.4 is 10.2 Å². The van der Waals surface area contributed by atoms with Crippen molar-refractivity contribution in [2.45, 2.75) is 19.2 Å². The molecule has 4 rings (SSSR count). The normalized spacial score (nSPS) is 15.9. The Balaban J connectivity index is 1.58. The standard InChI is InChI=1S/C20H18FN7O/c21-13-6-8-28(11-13)19-4-3-16(26-18(19)9-22)17-5-7-23-20(27-17)25-14-1-2-15(12-29)24-10-14/h1-5,7,10,13,29H,6,8,11-12H2,(H,23,25,27). The van der Waals surface area contributed by atoms with E-state index in [0.717, 1.165) is 0 Å². The fraction of sp³-hybridized carbons (Fsp3) is 0.250. The number of aliphatic hydroxyl groups is 1. The number of rotatable bonds is 5. The number of hydrogen-bond acceptors (Lipinski definition) is 8. The molecule has 0 saturated carbocycles. The lowest BCUT2D eigenvalue weighted by Gasteiger charge is -2.18. The summed E-state index contributed by atoms with van der Waals surface area (Å²) in [4.78, 5) is 19.0. The van der Waals surface area contributed by atoms with Crippen molar-refractivity contribution in [3.8, 4) is 17.5 Å². The maximum absolute atomic E-state index is 13.5. The average Bonchev–Trinajstić information content (AvgIpc) is 3.20. The number of anilines is 3. The molecule has 0 bridgehead atoms. The molecule has 3 aromatic rings. The summed E-state index contributed by atoms with van der Waals surface area (Å²) in [6, 6.07) is 10.8. The van der Waals surface area contributed by atoms with Crippen LogP contribution in [0.4, 0.5) is 21.7 Å². The highest BCUT2D eigenvalue weighted by Gasteiger charge is 2.24. The van der Waals surface area contributed by atoms with E-state index in [4.69, 9.17) is 5.11 Å². The molecule has 0 aromatic carbocycles. The second kappa shape index (κ2) is 8.16. The van der Waals surface area contributed by atoms with Crippen LogP contribution in [0.1, 0.15) is 17.8 Å². The quantitative estimate of drug-likeness (QED) is 0.683. The van der Waals surface area contributed by atoms with E-state index in [-0.39, 0.29) is 18.8 Å². The second-order valence-corrected chi connectivity index (χ2v) is 6.59. The summed E-state index contributed by atoms with van der Waals surface area (Å²) in [6.45, 7) is 0.723. The maximum atomic E-state index is 13.5. The third kappa shape index (κ3) is 4.12. The van der Waals surface area contributed by atoms with Crippen LogP contribution in [0.2, 0.25) is 0 Å². The van der Waals surface area contributed by atoms with Gasteiger partial charge in [-0.05, 0) is 36.8 Å². The van der Waals surface area contributed by atoms with Crippen LogP contribution in [0.25, 0.3) is 11.4 Å². The van der Waals surface area contributed by atoms with E-state index in [0.29, 0.717) is 47.4 Å². The molecule has 1 aliphatic heterocycles. The lowest BCUT2D eigenvalue weighted by Crippen LogP contribution is -2.21. The summed E-state index contributed by atoms with van der Waals surface area (Å²) in [5.41, 5.74) is 3.20. The first-order valence-corrected chi connectivity index (χ1v) is 9.12. The first-order chi connectivity index (χ1) is 14.2. The zero-order chi connectivity index (χ0) is 20.2. The second-order valence-electron chi connectivity index (χ2n) is 6.59. The number of aromatic nitrogens is 4. The molecule has 29 heavy (non-hydrogen) atoms. The van der Waals surface area contributed by atoms with Gasteiger partial charge >= 0.3 is 0 Å². The Bertz CT molecular complexity index is 1050. The largest absolute Gasteiger partial charge is 0.390 e. The summed E-state index contributed by atoms with van der Waals surface area (Å²) < 4.78 is 13.5. The van der Waals surface area contributed by atoms with E-state index in [2.05, 4.69) is 31.3 Å². The number of nitrogens with zero attached hydrogens (tertiary/aromatic N) is 6. The predicted molar refractivity (Wildman–Crippen MR) is 105 cm³/mol. The minimum Gasteiger partial charge on any atom is -0.390 e. The molecule has 1 unspecified atom stereocenters. The van der Waals surface area contributed by atoms with Gasteiger partial charge in [0.25, 0.3) is 0 Å².